The summed E-state index contributed by atoms with van der Waals surface area (Å²) in [5, 5.41) is 0. The Hall–Kier alpha value is -1.60. The fraction of sp³-hybridized carbons (Fsp3) is 0.478. The standard InChI is InChI=1S/C23H27N/c1-4-14-24(15-5-1)16-13-17-7-6-10-21-20-11-12-22(23(17)21)19-9-3-2-8-18(19)20/h2-3,6-10,20,22H,1,4-5,11-16H2. The zero-order valence-corrected chi connectivity index (χ0v) is 14.5. The number of rotatable bonds is 3. The molecule has 2 aromatic rings. The lowest BCUT2D eigenvalue weighted by atomic mass is 9.62. The second-order valence-corrected chi connectivity index (χ2v) is 7.88. The van der Waals surface area contributed by atoms with Gasteiger partial charge in [-0.2, -0.15) is 0 Å². The van der Waals surface area contributed by atoms with Crippen LogP contribution >= 0.6 is 0 Å². The van der Waals surface area contributed by atoms with Crippen LogP contribution in [0.1, 0.15) is 71.8 Å². The molecule has 3 aliphatic carbocycles. The van der Waals surface area contributed by atoms with Gasteiger partial charge in [0, 0.05) is 18.4 Å². The van der Waals surface area contributed by atoms with Gasteiger partial charge in [-0.25, -0.2) is 0 Å². The van der Waals surface area contributed by atoms with Gasteiger partial charge < -0.3 is 4.90 Å². The minimum absolute atomic E-state index is 0.649. The molecule has 1 heterocycles. The first-order valence-corrected chi connectivity index (χ1v) is 9.84. The highest BCUT2D eigenvalue weighted by atomic mass is 15.1. The largest absolute Gasteiger partial charge is 0.303 e. The van der Waals surface area contributed by atoms with Crippen LogP contribution < -0.4 is 0 Å². The molecule has 2 aromatic carbocycles. The molecule has 2 atom stereocenters. The Kier molecular flexibility index (Phi) is 3.70. The first-order chi connectivity index (χ1) is 11.9. The molecule has 24 heavy (non-hydrogen) atoms. The molecule has 2 bridgehead atoms. The molecule has 124 valence electrons. The SMILES string of the molecule is c1ccc2c(c1)C1CCC2c2c(CCN3CCCCC3)cccc21. The van der Waals surface area contributed by atoms with Gasteiger partial charge in [0.15, 0.2) is 0 Å². The number of likely N-dealkylation sites (tertiary alicyclic amines) is 1. The number of fused-ring (bicyclic) bond motifs is 1. The predicted molar refractivity (Wildman–Crippen MR) is 99.8 cm³/mol. The van der Waals surface area contributed by atoms with Crippen molar-refractivity contribution in [1.82, 2.24) is 4.90 Å². The maximum absolute atomic E-state index is 2.68. The Balaban J connectivity index is 1.47. The Morgan fingerprint density at radius 1 is 0.750 bits per heavy atom. The summed E-state index contributed by atoms with van der Waals surface area (Å²) in [7, 11) is 0. The van der Waals surface area contributed by atoms with E-state index in [9.17, 15) is 0 Å². The van der Waals surface area contributed by atoms with Gasteiger partial charge >= 0.3 is 0 Å². The van der Waals surface area contributed by atoms with E-state index < -0.39 is 0 Å². The lowest BCUT2D eigenvalue weighted by molar-refractivity contribution is 0.231. The molecule has 1 aliphatic heterocycles. The molecule has 1 fully saturated rings. The second kappa shape index (κ2) is 6.04. The van der Waals surface area contributed by atoms with E-state index in [1.807, 2.05) is 0 Å². The highest BCUT2D eigenvalue weighted by molar-refractivity contribution is 5.57. The molecule has 0 radical (unpaired) electrons. The van der Waals surface area contributed by atoms with Crippen molar-refractivity contribution in [1.29, 1.82) is 0 Å². The molecule has 1 heteroatoms. The van der Waals surface area contributed by atoms with Crippen molar-refractivity contribution in [3.63, 3.8) is 0 Å². The van der Waals surface area contributed by atoms with E-state index in [0.717, 1.165) is 0 Å². The van der Waals surface area contributed by atoms with E-state index in [1.165, 1.54) is 58.2 Å². The van der Waals surface area contributed by atoms with E-state index in [0.29, 0.717) is 11.8 Å². The van der Waals surface area contributed by atoms with Crippen LogP contribution in [0.15, 0.2) is 42.5 Å². The Morgan fingerprint density at radius 3 is 2.29 bits per heavy atom. The van der Waals surface area contributed by atoms with Gasteiger partial charge in [-0.3, -0.25) is 0 Å². The molecule has 0 spiro atoms. The van der Waals surface area contributed by atoms with Crippen LogP contribution in [-0.4, -0.2) is 24.5 Å². The minimum Gasteiger partial charge on any atom is -0.303 e. The van der Waals surface area contributed by atoms with Crippen molar-refractivity contribution in [3.8, 4) is 0 Å². The van der Waals surface area contributed by atoms with Crippen molar-refractivity contribution in [3.05, 3.63) is 70.3 Å². The van der Waals surface area contributed by atoms with E-state index in [-0.39, 0.29) is 0 Å². The van der Waals surface area contributed by atoms with Gasteiger partial charge in [0.1, 0.15) is 0 Å². The fourth-order valence-electron chi connectivity index (χ4n) is 5.45. The summed E-state index contributed by atoms with van der Waals surface area (Å²) in [5.74, 6) is 1.30. The maximum atomic E-state index is 2.68. The smallest absolute Gasteiger partial charge is 0.00983 e. The van der Waals surface area contributed by atoms with Gasteiger partial charge in [0.2, 0.25) is 0 Å². The van der Waals surface area contributed by atoms with Crippen molar-refractivity contribution < 1.29 is 0 Å². The van der Waals surface area contributed by atoms with Crippen molar-refractivity contribution in [2.75, 3.05) is 19.6 Å². The van der Waals surface area contributed by atoms with Gasteiger partial charge in [-0.05, 0) is 73.0 Å². The lowest BCUT2D eigenvalue weighted by Gasteiger charge is -2.41. The highest BCUT2D eigenvalue weighted by Gasteiger charge is 2.38. The molecule has 0 aromatic heterocycles. The summed E-state index contributed by atoms with van der Waals surface area (Å²) in [6.45, 7) is 3.86. The Morgan fingerprint density at radius 2 is 1.46 bits per heavy atom. The van der Waals surface area contributed by atoms with Crippen molar-refractivity contribution >= 4 is 0 Å². The quantitative estimate of drug-likeness (QED) is 0.762. The summed E-state index contributed by atoms with van der Waals surface area (Å²) in [5.41, 5.74) is 8.19. The van der Waals surface area contributed by atoms with Crippen LogP contribution in [0.4, 0.5) is 0 Å². The zero-order valence-electron chi connectivity index (χ0n) is 14.5. The summed E-state index contributed by atoms with van der Waals surface area (Å²) >= 11 is 0. The Labute approximate surface area is 145 Å². The minimum atomic E-state index is 0.649. The second-order valence-electron chi connectivity index (χ2n) is 7.88. The molecule has 2 unspecified atom stereocenters. The number of benzene rings is 2. The molecule has 0 N–H and O–H groups in total. The van der Waals surface area contributed by atoms with E-state index in [2.05, 4.69) is 47.4 Å². The average molecular weight is 317 g/mol. The zero-order chi connectivity index (χ0) is 15.9. The van der Waals surface area contributed by atoms with Crippen LogP contribution in [0.5, 0.6) is 0 Å². The summed E-state index contributed by atoms with van der Waals surface area (Å²) in [6, 6.07) is 16.3. The van der Waals surface area contributed by atoms with Gasteiger partial charge in [0.25, 0.3) is 0 Å². The molecule has 6 rings (SSSR count). The normalized spacial score (nSPS) is 25.3. The van der Waals surface area contributed by atoms with E-state index >= 15 is 0 Å². The van der Waals surface area contributed by atoms with Gasteiger partial charge in [0.05, 0.1) is 0 Å². The maximum Gasteiger partial charge on any atom is 0.00983 e. The van der Waals surface area contributed by atoms with Gasteiger partial charge in [-0.15, -0.1) is 0 Å². The van der Waals surface area contributed by atoms with Crippen LogP contribution in [-0.2, 0) is 6.42 Å². The third kappa shape index (κ3) is 2.33. The van der Waals surface area contributed by atoms with Crippen LogP contribution in [0.25, 0.3) is 0 Å². The summed E-state index contributed by atoms with van der Waals surface area (Å²) in [6.07, 6.45) is 8.13. The molecule has 0 amide bonds. The van der Waals surface area contributed by atoms with Crippen LogP contribution in [0.2, 0.25) is 0 Å². The van der Waals surface area contributed by atoms with E-state index in [1.54, 1.807) is 27.8 Å². The molecule has 1 nitrogen and oxygen atoms in total. The van der Waals surface area contributed by atoms with Crippen LogP contribution in [0.3, 0.4) is 0 Å². The molecule has 1 saturated heterocycles. The first kappa shape index (κ1) is 14.7. The number of nitrogens with zero attached hydrogens (tertiary/aromatic N) is 1. The Bertz CT molecular complexity index is 741. The highest BCUT2D eigenvalue weighted by Crippen LogP contribution is 2.53. The lowest BCUT2D eigenvalue weighted by Crippen LogP contribution is -2.32. The number of piperidine rings is 1. The van der Waals surface area contributed by atoms with Crippen molar-refractivity contribution in [2.45, 2.75) is 50.4 Å². The van der Waals surface area contributed by atoms with Crippen molar-refractivity contribution in [2.24, 2.45) is 0 Å². The van der Waals surface area contributed by atoms with Crippen LogP contribution in [0, 0.1) is 0 Å². The monoisotopic (exact) mass is 317 g/mol. The molecule has 0 saturated carbocycles. The molecular weight excluding hydrogens is 290 g/mol. The topological polar surface area (TPSA) is 3.24 Å². The number of hydrogen-bond acceptors (Lipinski definition) is 1. The average Bonchev–Trinajstić information content (AvgIpc) is 2.67. The predicted octanol–water partition coefficient (Wildman–Crippen LogP) is 5.09. The van der Waals surface area contributed by atoms with Gasteiger partial charge in [-0.1, -0.05) is 48.9 Å². The third-order valence-corrected chi connectivity index (χ3v) is 6.59. The molecular formula is C23H27N. The summed E-state index contributed by atoms with van der Waals surface area (Å²) in [4.78, 5) is 2.68. The molecule has 4 aliphatic rings. The fourth-order valence-corrected chi connectivity index (χ4v) is 5.45. The summed E-state index contributed by atoms with van der Waals surface area (Å²) < 4.78 is 0. The third-order valence-electron chi connectivity index (χ3n) is 6.59. The number of hydrogen-bond donors (Lipinski definition) is 0. The van der Waals surface area contributed by atoms with E-state index in [4.69, 9.17) is 0 Å². The first-order valence-electron chi connectivity index (χ1n) is 9.84.